The van der Waals surface area contributed by atoms with Crippen LogP contribution in [0.4, 0.5) is 0 Å². The number of hydrogen-bond donors (Lipinski definition) is 1. The summed E-state index contributed by atoms with van der Waals surface area (Å²) in [6.45, 7) is 10.5. The smallest absolute Gasteiger partial charge is 0.248 e. The van der Waals surface area contributed by atoms with Gasteiger partial charge in [0.25, 0.3) is 0 Å². The summed E-state index contributed by atoms with van der Waals surface area (Å²) < 4.78 is 11.0. The Bertz CT molecular complexity index is 484. The molecule has 5 nitrogen and oxygen atoms in total. The van der Waals surface area contributed by atoms with Gasteiger partial charge in [0.05, 0.1) is 19.8 Å². The fraction of sp³-hybridized carbons (Fsp3) is 0.611. The second-order valence-electron chi connectivity index (χ2n) is 6.57. The third-order valence-electron chi connectivity index (χ3n) is 4.27. The minimum atomic E-state index is -0.462. The number of amides is 1. The first-order valence-corrected chi connectivity index (χ1v) is 8.25. The molecule has 128 valence electrons. The molecule has 1 aromatic carbocycles. The van der Waals surface area contributed by atoms with E-state index in [1.807, 2.05) is 30.3 Å². The monoisotopic (exact) mass is 320 g/mol. The molecule has 1 saturated heterocycles. The molecule has 1 aromatic rings. The third kappa shape index (κ3) is 5.61. The van der Waals surface area contributed by atoms with E-state index >= 15 is 0 Å². The van der Waals surface area contributed by atoms with Crippen molar-refractivity contribution in [2.75, 3.05) is 32.8 Å². The van der Waals surface area contributed by atoms with Crippen LogP contribution >= 0.6 is 0 Å². The van der Waals surface area contributed by atoms with Gasteiger partial charge in [0.15, 0.2) is 0 Å². The van der Waals surface area contributed by atoms with Crippen LogP contribution in [0.5, 0.6) is 0 Å². The molecule has 1 atom stereocenters. The molecular weight excluding hydrogens is 292 g/mol. The molecule has 0 bridgehead atoms. The zero-order valence-corrected chi connectivity index (χ0v) is 14.4. The number of carbonyl (C=O) groups is 1. The molecule has 0 unspecified atom stereocenters. The summed E-state index contributed by atoms with van der Waals surface area (Å²) in [7, 11) is 0. The highest BCUT2D eigenvalue weighted by atomic mass is 16.5. The maximum Gasteiger partial charge on any atom is 0.248 e. The number of hydrogen-bond acceptors (Lipinski definition) is 4. The first kappa shape index (κ1) is 17.9. The molecule has 1 fully saturated rings. The van der Waals surface area contributed by atoms with Gasteiger partial charge in [0.1, 0.15) is 6.10 Å². The van der Waals surface area contributed by atoms with Gasteiger partial charge in [-0.1, -0.05) is 30.3 Å². The first-order chi connectivity index (χ1) is 11.0. The SMILES string of the molecule is C[C@H](OCc1ccccc1)C(=O)NCC(C)(C)N1CCOCC1. The van der Waals surface area contributed by atoms with Crippen molar-refractivity contribution in [3.05, 3.63) is 35.9 Å². The Labute approximate surface area is 139 Å². The summed E-state index contributed by atoms with van der Waals surface area (Å²) in [5, 5.41) is 3.01. The third-order valence-corrected chi connectivity index (χ3v) is 4.27. The van der Waals surface area contributed by atoms with E-state index < -0.39 is 6.10 Å². The minimum absolute atomic E-state index is 0.0673. The van der Waals surface area contributed by atoms with E-state index in [1.54, 1.807) is 6.92 Å². The van der Waals surface area contributed by atoms with E-state index in [9.17, 15) is 4.79 Å². The normalized spacial score (nSPS) is 17.7. The minimum Gasteiger partial charge on any atom is -0.379 e. The number of nitrogens with one attached hydrogen (secondary N) is 1. The molecular formula is C18H28N2O3. The molecule has 1 aliphatic rings. The van der Waals surface area contributed by atoms with Crippen molar-refractivity contribution < 1.29 is 14.3 Å². The fourth-order valence-corrected chi connectivity index (χ4v) is 2.60. The lowest BCUT2D eigenvalue weighted by atomic mass is 10.0. The van der Waals surface area contributed by atoms with E-state index in [-0.39, 0.29) is 11.4 Å². The van der Waals surface area contributed by atoms with Crippen molar-refractivity contribution in [2.45, 2.75) is 39.0 Å². The molecule has 1 aliphatic heterocycles. The molecule has 2 rings (SSSR count). The Morgan fingerprint density at radius 3 is 2.61 bits per heavy atom. The van der Waals surface area contributed by atoms with E-state index in [2.05, 4.69) is 24.1 Å². The van der Waals surface area contributed by atoms with Gasteiger partial charge in [0, 0.05) is 25.2 Å². The van der Waals surface area contributed by atoms with Crippen molar-refractivity contribution in [3.63, 3.8) is 0 Å². The lowest BCUT2D eigenvalue weighted by Crippen LogP contribution is -2.56. The van der Waals surface area contributed by atoms with Gasteiger partial charge < -0.3 is 14.8 Å². The number of morpholine rings is 1. The van der Waals surface area contributed by atoms with Gasteiger partial charge in [-0.2, -0.15) is 0 Å². The maximum absolute atomic E-state index is 12.2. The van der Waals surface area contributed by atoms with Gasteiger partial charge in [-0.15, -0.1) is 0 Å². The van der Waals surface area contributed by atoms with Crippen LogP contribution in [0.2, 0.25) is 0 Å². The van der Waals surface area contributed by atoms with Crippen LogP contribution in [0.1, 0.15) is 26.3 Å². The molecule has 1 amide bonds. The predicted octanol–water partition coefficient (Wildman–Crippen LogP) is 1.82. The van der Waals surface area contributed by atoms with Gasteiger partial charge in [0.2, 0.25) is 5.91 Å². The van der Waals surface area contributed by atoms with Crippen LogP contribution in [-0.2, 0) is 20.9 Å². The molecule has 23 heavy (non-hydrogen) atoms. The van der Waals surface area contributed by atoms with Gasteiger partial charge in [-0.3, -0.25) is 9.69 Å². The highest BCUT2D eigenvalue weighted by Crippen LogP contribution is 2.15. The van der Waals surface area contributed by atoms with Crippen LogP contribution in [0.15, 0.2) is 30.3 Å². The predicted molar refractivity (Wildman–Crippen MR) is 90.2 cm³/mol. The average Bonchev–Trinajstić information content (AvgIpc) is 2.59. The van der Waals surface area contributed by atoms with Gasteiger partial charge >= 0.3 is 0 Å². The highest BCUT2D eigenvalue weighted by molar-refractivity contribution is 5.80. The summed E-state index contributed by atoms with van der Waals surface area (Å²) in [4.78, 5) is 14.6. The molecule has 0 radical (unpaired) electrons. The van der Waals surface area contributed by atoms with Crippen LogP contribution < -0.4 is 5.32 Å². The Hall–Kier alpha value is -1.43. The molecule has 0 aliphatic carbocycles. The van der Waals surface area contributed by atoms with E-state index in [0.717, 1.165) is 31.9 Å². The van der Waals surface area contributed by atoms with Crippen LogP contribution in [0, 0.1) is 0 Å². The second kappa shape index (κ2) is 8.43. The quantitative estimate of drug-likeness (QED) is 0.832. The summed E-state index contributed by atoms with van der Waals surface area (Å²) in [6.07, 6.45) is -0.462. The number of rotatable bonds is 7. The first-order valence-electron chi connectivity index (χ1n) is 8.25. The van der Waals surface area contributed by atoms with Gasteiger partial charge in [-0.25, -0.2) is 0 Å². The molecule has 5 heteroatoms. The molecule has 1 heterocycles. The number of benzene rings is 1. The summed E-state index contributed by atoms with van der Waals surface area (Å²) in [5.74, 6) is -0.0673. The molecule has 1 N–H and O–H groups in total. The summed E-state index contributed by atoms with van der Waals surface area (Å²) in [6, 6.07) is 9.88. The standard InChI is InChI=1S/C18H28N2O3/c1-15(23-13-16-7-5-4-6-8-16)17(21)19-14-18(2,3)20-9-11-22-12-10-20/h4-8,15H,9-14H2,1-3H3,(H,19,21)/t15-/m0/s1. The molecule has 0 saturated carbocycles. The lowest BCUT2D eigenvalue weighted by molar-refractivity contribution is -0.133. The average molecular weight is 320 g/mol. The van der Waals surface area contributed by atoms with Crippen LogP contribution in [-0.4, -0.2) is 55.3 Å². The Morgan fingerprint density at radius 1 is 1.30 bits per heavy atom. The number of ether oxygens (including phenoxy) is 2. The van der Waals surface area contributed by atoms with Gasteiger partial charge in [-0.05, 0) is 26.3 Å². The van der Waals surface area contributed by atoms with Crippen molar-refractivity contribution in [3.8, 4) is 0 Å². The Kier molecular flexibility index (Phi) is 6.57. The largest absolute Gasteiger partial charge is 0.379 e. The lowest BCUT2D eigenvalue weighted by Gasteiger charge is -2.41. The van der Waals surface area contributed by atoms with E-state index in [0.29, 0.717) is 13.2 Å². The maximum atomic E-state index is 12.2. The van der Waals surface area contributed by atoms with Crippen molar-refractivity contribution in [1.29, 1.82) is 0 Å². The summed E-state index contributed by atoms with van der Waals surface area (Å²) in [5.41, 5.74) is 0.985. The van der Waals surface area contributed by atoms with Crippen molar-refractivity contribution in [2.24, 2.45) is 0 Å². The van der Waals surface area contributed by atoms with E-state index in [1.165, 1.54) is 0 Å². The summed E-state index contributed by atoms with van der Waals surface area (Å²) >= 11 is 0. The molecule has 0 aromatic heterocycles. The topological polar surface area (TPSA) is 50.8 Å². The Balaban J connectivity index is 1.74. The molecule has 0 spiro atoms. The second-order valence-corrected chi connectivity index (χ2v) is 6.57. The fourth-order valence-electron chi connectivity index (χ4n) is 2.60. The Morgan fingerprint density at radius 2 is 1.96 bits per heavy atom. The number of nitrogens with zero attached hydrogens (tertiary/aromatic N) is 1. The highest BCUT2D eigenvalue weighted by Gasteiger charge is 2.29. The van der Waals surface area contributed by atoms with Crippen LogP contribution in [0.3, 0.4) is 0 Å². The number of carbonyl (C=O) groups excluding carboxylic acids is 1. The van der Waals surface area contributed by atoms with Crippen LogP contribution in [0.25, 0.3) is 0 Å². The zero-order chi connectivity index (χ0) is 16.7. The van der Waals surface area contributed by atoms with Crippen molar-refractivity contribution >= 4 is 5.91 Å². The van der Waals surface area contributed by atoms with Crippen molar-refractivity contribution in [1.82, 2.24) is 10.2 Å². The van der Waals surface area contributed by atoms with E-state index in [4.69, 9.17) is 9.47 Å². The zero-order valence-electron chi connectivity index (χ0n) is 14.4.